The van der Waals surface area contributed by atoms with Crippen molar-refractivity contribution in [3.8, 4) is 0 Å². The van der Waals surface area contributed by atoms with Crippen LogP contribution in [0.25, 0.3) is 0 Å². The maximum absolute atomic E-state index is 14.1. The number of hydrogen-bond donors (Lipinski definition) is 1. The first kappa shape index (κ1) is 35.0. The Morgan fingerprint density at radius 1 is 0.907 bits per heavy atom. The second-order valence-corrected chi connectivity index (χ2v) is 24.6. The summed E-state index contributed by atoms with van der Waals surface area (Å²) < 4.78 is 29.3. The van der Waals surface area contributed by atoms with E-state index in [1.165, 1.54) is 0 Å². The van der Waals surface area contributed by atoms with Crippen molar-refractivity contribution in [3.63, 3.8) is 0 Å². The van der Waals surface area contributed by atoms with Crippen LogP contribution in [0.15, 0.2) is 30.3 Å². The van der Waals surface area contributed by atoms with Gasteiger partial charge in [-0.15, -0.1) is 0 Å². The molecule has 6 nitrogen and oxygen atoms in total. The zero-order valence-corrected chi connectivity index (χ0v) is 30.7. The minimum Gasteiger partial charge on any atom is -0.411 e. The Balaban J connectivity index is 1.97. The van der Waals surface area contributed by atoms with Gasteiger partial charge in [0.25, 0.3) is 0 Å². The number of rotatable bonds is 15. The number of benzene rings is 1. The van der Waals surface area contributed by atoms with Gasteiger partial charge in [-0.1, -0.05) is 106 Å². The molecule has 3 fully saturated rings. The molecule has 244 valence electrons. The predicted molar refractivity (Wildman–Crippen MR) is 178 cm³/mol. The predicted octanol–water partition coefficient (Wildman–Crippen LogP) is 8.18. The van der Waals surface area contributed by atoms with Gasteiger partial charge in [0.1, 0.15) is 17.8 Å². The lowest BCUT2D eigenvalue weighted by atomic mass is 9.57. The van der Waals surface area contributed by atoms with Crippen molar-refractivity contribution in [2.45, 2.75) is 172 Å². The molecule has 8 heteroatoms. The van der Waals surface area contributed by atoms with Crippen LogP contribution in [-0.4, -0.2) is 63.1 Å². The number of carbonyl (C=O) groups excluding carboxylic acids is 1. The van der Waals surface area contributed by atoms with Gasteiger partial charge in [-0.25, -0.2) is 0 Å². The molecule has 0 radical (unpaired) electrons. The standard InChI is InChI=1S/C35H60O6Si2/c1-11-22-34-33(41-43(24(5)6,25(7)8)26(9)10)32(38-23-27-18-16-15-17-19-27)31(40-42(12-2,13-3)14-4)30-28(39-34)20-21-29(36)35(30,34)37/h15-19,24-26,28,30-33,37H,11-14,20-23H2,1-10H3/t28-,30+,31-,32+,33-,34+,35-/m1/s1. The molecule has 7 atom stereocenters. The molecule has 1 aromatic carbocycles. The highest BCUT2D eigenvalue weighted by molar-refractivity contribution is 6.77. The first-order chi connectivity index (χ1) is 20.3. The lowest BCUT2D eigenvalue weighted by molar-refractivity contribution is -0.251. The van der Waals surface area contributed by atoms with Gasteiger partial charge in [-0.2, -0.15) is 0 Å². The molecule has 1 N–H and O–H groups in total. The molecule has 4 rings (SSSR count). The largest absolute Gasteiger partial charge is 0.411 e. The normalized spacial score (nSPS) is 32.8. The van der Waals surface area contributed by atoms with Crippen LogP contribution < -0.4 is 0 Å². The van der Waals surface area contributed by atoms with Crippen molar-refractivity contribution in [2.75, 3.05) is 0 Å². The van der Waals surface area contributed by atoms with Gasteiger partial charge >= 0.3 is 0 Å². The summed E-state index contributed by atoms with van der Waals surface area (Å²) in [6.45, 7) is 22.9. The number of hydrogen-bond acceptors (Lipinski definition) is 6. The molecular weight excluding hydrogens is 573 g/mol. The van der Waals surface area contributed by atoms with E-state index in [1.54, 1.807) is 0 Å². The van der Waals surface area contributed by atoms with Crippen LogP contribution in [0.3, 0.4) is 0 Å². The molecule has 43 heavy (non-hydrogen) atoms. The van der Waals surface area contributed by atoms with Gasteiger partial charge in [0.15, 0.2) is 19.7 Å². The van der Waals surface area contributed by atoms with Gasteiger partial charge in [0.2, 0.25) is 8.32 Å². The lowest BCUT2D eigenvalue weighted by Gasteiger charge is -2.59. The third kappa shape index (κ3) is 5.59. The van der Waals surface area contributed by atoms with Gasteiger partial charge in [-0.05, 0) is 53.2 Å². The summed E-state index contributed by atoms with van der Waals surface area (Å²) in [4.78, 5) is 14.1. The van der Waals surface area contributed by atoms with Gasteiger partial charge < -0.3 is 23.4 Å². The van der Waals surface area contributed by atoms with Crippen LogP contribution >= 0.6 is 0 Å². The molecule has 3 aliphatic rings. The molecule has 1 aromatic rings. The van der Waals surface area contributed by atoms with Crippen molar-refractivity contribution in [2.24, 2.45) is 5.92 Å². The number of carbonyl (C=O) groups is 1. The van der Waals surface area contributed by atoms with E-state index in [9.17, 15) is 9.90 Å². The molecule has 2 saturated carbocycles. The van der Waals surface area contributed by atoms with Crippen LogP contribution in [0.5, 0.6) is 0 Å². The molecular formula is C35H60O6Si2. The van der Waals surface area contributed by atoms with E-state index in [2.05, 4.69) is 81.4 Å². The first-order valence-electron chi connectivity index (χ1n) is 17.3. The second-order valence-electron chi connectivity index (χ2n) is 14.5. The Kier molecular flexibility index (Phi) is 11.0. The monoisotopic (exact) mass is 632 g/mol. The van der Waals surface area contributed by atoms with Gasteiger partial charge in [-0.3, -0.25) is 4.79 Å². The first-order valence-corrected chi connectivity index (χ1v) is 22.0. The summed E-state index contributed by atoms with van der Waals surface area (Å²) in [6.07, 6.45) is 0.418. The summed E-state index contributed by atoms with van der Waals surface area (Å²) in [5, 5.41) is 13.0. The highest BCUT2D eigenvalue weighted by atomic mass is 28.4. The molecule has 1 saturated heterocycles. The summed E-state index contributed by atoms with van der Waals surface area (Å²) in [6, 6.07) is 13.2. The van der Waals surface area contributed by atoms with Crippen molar-refractivity contribution in [1.82, 2.24) is 0 Å². The van der Waals surface area contributed by atoms with Crippen LogP contribution in [0.4, 0.5) is 0 Å². The maximum atomic E-state index is 14.1. The van der Waals surface area contributed by atoms with E-state index in [-0.39, 0.29) is 11.9 Å². The lowest BCUT2D eigenvalue weighted by Crippen LogP contribution is -2.78. The van der Waals surface area contributed by atoms with Crippen molar-refractivity contribution >= 4 is 22.4 Å². The fourth-order valence-electron chi connectivity index (χ4n) is 9.42. The Bertz CT molecular complexity index is 1050. The summed E-state index contributed by atoms with van der Waals surface area (Å²) in [7, 11) is -4.72. The van der Waals surface area contributed by atoms with E-state index in [4.69, 9.17) is 18.3 Å². The number of ether oxygens (including phenoxy) is 2. The third-order valence-electron chi connectivity index (χ3n) is 11.7. The van der Waals surface area contributed by atoms with E-state index in [0.717, 1.165) is 30.1 Å². The fraction of sp³-hybridized carbons (Fsp3) is 0.800. The molecule has 1 heterocycles. The van der Waals surface area contributed by atoms with E-state index < -0.39 is 52.1 Å². The SMILES string of the molecule is CCC[C@@]12O[C@@H]3CCC(=O)[C@@]1(O)[C@@H]3[C@@H](O[Si](CC)(CC)CC)[C@H](OCc1ccccc1)[C@H]2O[Si](C(C)C)(C(C)C)C(C)C. The highest BCUT2D eigenvalue weighted by Gasteiger charge is 2.80. The Labute approximate surface area is 263 Å². The van der Waals surface area contributed by atoms with Crippen LogP contribution in [0.2, 0.25) is 34.8 Å². The van der Waals surface area contributed by atoms with Crippen LogP contribution in [-0.2, 0) is 29.7 Å². The second kappa shape index (κ2) is 13.5. The highest BCUT2D eigenvalue weighted by Crippen LogP contribution is 2.62. The smallest absolute Gasteiger partial charge is 0.201 e. The van der Waals surface area contributed by atoms with E-state index in [0.29, 0.717) is 42.5 Å². The average Bonchev–Trinajstić information content (AvgIpc) is 3.09. The number of aliphatic hydroxyl groups is 1. The molecule has 1 aliphatic heterocycles. The third-order valence-corrected chi connectivity index (χ3v) is 22.4. The maximum Gasteiger partial charge on any atom is 0.201 e. The zero-order chi connectivity index (χ0) is 31.8. The van der Waals surface area contributed by atoms with Crippen molar-refractivity contribution in [3.05, 3.63) is 35.9 Å². The summed E-state index contributed by atoms with van der Waals surface area (Å²) in [5.41, 5.74) is -0.784. The molecule has 0 spiro atoms. The van der Waals surface area contributed by atoms with Gasteiger partial charge in [0.05, 0.1) is 24.7 Å². The van der Waals surface area contributed by atoms with Gasteiger partial charge in [0, 0.05) is 6.42 Å². The molecule has 2 aliphatic carbocycles. The van der Waals surface area contributed by atoms with E-state index >= 15 is 0 Å². The minimum absolute atomic E-state index is 0.105. The van der Waals surface area contributed by atoms with E-state index in [1.807, 2.05) is 18.2 Å². The van der Waals surface area contributed by atoms with Crippen molar-refractivity contribution < 1.29 is 28.2 Å². The Morgan fingerprint density at radius 3 is 2.00 bits per heavy atom. The number of ketones is 1. The molecule has 0 aromatic heterocycles. The van der Waals surface area contributed by atoms with Crippen LogP contribution in [0, 0.1) is 5.92 Å². The molecule has 0 amide bonds. The zero-order valence-electron chi connectivity index (χ0n) is 28.7. The van der Waals surface area contributed by atoms with Crippen LogP contribution in [0.1, 0.15) is 100 Å². The fourth-order valence-corrected chi connectivity index (χ4v) is 17.9. The summed E-state index contributed by atoms with van der Waals surface area (Å²) >= 11 is 0. The quantitative estimate of drug-likeness (QED) is 0.197. The Hall–Kier alpha value is -0.876. The minimum atomic E-state index is -2.52. The molecule has 0 unspecified atom stereocenters. The topological polar surface area (TPSA) is 74.2 Å². The Morgan fingerprint density at radius 2 is 1.49 bits per heavy atom. The summed E-state index contributed by atoms with van der Waals surface area (Å²) in [5.74, 6) is -0.572. The number of Topliss-reactive ketones (excluding diaryl/α,β-unsaturated/α-hetero) is 1. The van der Waals surface area contributed by atoms with Crippen molar-refractivity contribution in [1.29, 1.82) is 0 Å². The average molecular weight is 633 g/mol. The molecule has 4 bridgehead atoms.